The number of H-pyrrole nitrogens is 1. The summed E-state index contributed by atoms with van der Waals surface area (Å²) in [7, 11) is 0. The fourth-order valence-corrected chi connectivity index (χ4v) is 2.64. The van der Waals surface area contributed by atoms with Crippen molar-refractivity contribution in [2.45, 2.75) is 12.5 Å². The van der Waals surface area contributed by atoms with Crippen molar-refractivity contribution in [2.24, 2.45) is 0 Å². The fraction of sp³-hybridized carbons (Fsp3) is 0.308. The van der Waals surface area contributed by atoms with Crippen LogP contribution in [0, 0.1) is 0 Å². The third-order valence-corrected chi connectivity index (χ3v) is 3.80. The minimum Gasteiger partial charge on any atom is -0.489 e. The van der Waals surface area contributed by atoms with E-state index in [-0.39, 0.29) is 11.7 Å². The highest BCUT2D eigenvalue weighted by molar-refractivity contribution is 9.10. The van der Waals surface area contributed by atoms with Crippen LogP contribution in [0.2, 0.25) is 0 Å². The van der Waals surface area contributed by atoms with E-state index in [9.17, 15) is 4.79 Å². The van der Waals surface area contributed by atoms with Gasteiger partial charge in [-0.25, -0.2) is 0 Å². The Labute approximate surface area is 112 Å². The highest BCUT2D eigenvalue weighted by atomic mass is 79.9. The van der Waals surface area contributed by atoms with E-state index in [4.69, 9.17) is 4.74 Å². The van der Waals surface area contributed by atoms with E-state index in [2.05, 4.69) is 26.2 Å². The van der Waals surface area contributed by atoms with E-state index in [0.29, 0.717) is 5.39 Å². The Morgan fingerprint density at radius 3 is 3.00 bits per heavy atom. The number of fused-ring (bicyclic) bond motifs is 1. The molecule has 1 saturated heterocycles. The molecule has 1 aromatic heterocycles. The highest BCUT2D eigenvalue weighted by Gasteiger charge is 2.16. The Morgan fingerprint density at radius 1 is 1.33 bits per heavy atom. The van der Waals surface area contributed by atoms with Crippen molar-refractivity contribution in [3.8, 4) is 5.75 Å². The molecule has 0 saturated carbocycles. The van der Waals surface area contributed by atoms with Crippen molar-refractivity contribution in [3.05, 3.63) is 39.2 Å². The topological polar surface area (TPSA) is 54.1 Å². The van der Waals surface area contributed by atoms with Crippen LogP contribution in [-0.2, 0) is 0 Å². The molecule has 1 aromatic carbocycles. The molecule has 18 heavy (non-hydrogen) atoms. The summed E-state index contributed by atoms with van der Waals surface area (Å²) < 4.78 is 6.75. The van der Waals surface area contributed by atoms with E-state index >= 15 is 0 Å². The molecule has 0 radical (unpaired) electrons. The first-order valence-electron chi connectivity index (χ1n) is 5.92. The van der Waals surface area contributed by atoms with Crippen molar-refractivity contribution in [2.75, 3.05) is 13.1 Å². The molecule has 4 nitrogen and oxygen atoms in total. The average Bonchev–Trinajstić information content (AvgIpc) is 2.87. The summed E-state index contributed by atoms with van der Waals surface area (Å²) in [5.74, 6) is 0.808. The standard InChI is InChI=1S/C13H13BrN2O2/c14-12-7-16-13(17)10-2-1-8(5-11(10)12)18-9-3-4-15-6-9/h1-2,5,7,9,15H,3-4,6H2,(H,16,17). The maximum atomic E-state index is 11.7. The first kappa shape index (κ1) is 11.7. The number of pyridine rings is 1. The Bertz CT molecular complexity index is 632. The van der Waals surface area contributed by atoms with Crippen molar-refractivity contribution in [1.29, 1.82) is 0 Å². The lowest BCUT2D eigenvalue weighted by Gasteiger charge is -2.13. The van der Waals surface area contributed by atoms with Gasteiger partial charge in [0.15, 0.2) is 0 Å². The summed E-state index contributed by atoms with van der Waals surface area (Å²) in [6.45, 7) is 1.89. The zero-order chi connectivity index (χ0) is 12.5. The second-order valence-electron chi connectivity index (χ2n) is 4.41. The molecule has 1 aliphatic rings. The summed E-state index contributed by atoms with van der Waals surface area (Å²) in [6.07, 6.45) is 2.91. The monoisotopic (exact) mass is 308 g/mol. The van der Waals surface area contributed by atoms with Crippen molar-refractivity contribution < 1.29 is 4.74 Å². The van der Waals surface area contributed by atoms with Gasteiger partial charge in [-0.2, -0.15) is 0 Å². The number of halogens is 1. The minimum absolute atomic E-state index is 0.0812. The van der Waals surface area contributed by atoms with Gasteiger partial charge in [0.05, 0.1) is 0 Å². The van der Waals surface area contributed by atoms with Crippen LogP contribution in [0.5, 0.6) is 5.75 Å². The summed E-state index contributed by atoms with van der Waals surface area (Å²) in [6, 6.07) is 5.56. The molecule has 0 spiro atoms. The molecule has 0 aliphatic carbocycles. The molecule has 5 heteroatoms. The van der Waals surface area contributed by atoms with E-state index in [1.807, 2.05) is 12.1 Å². The van der Waals surface area contributed by atoms with Crippen molar-refractivity contribution in [3.63, 3.8) is 0 Å². The van der Waals surface area contributed by atoms with Crippen molar-refractivity contribution >= 4 is 26.7 Å². The molecule has 1 fully saturated rings. The average molecular weight is 309 g/mol. The van der Waals surface area contributed by atoms with E-state index in [0.717, 1.165) is 35.1 Å². The van der Waals surface area contributed by atoms with E-state index in [1.165, 1.54) is 0 Å². The number of aromatic nitrogens is 1. The number of aromatic amines is 1. The molecule has 2 aromatic rings. The third-order valence-electron chi connectivity index (χ3n) is 3.14. The molecule has 1 atom stereocenters. The van der Waals surface area contributed by atoms with Gasteiger partial charge in [-0.05, 0) is 47.1 Å². The molecule has 2 N–H and O–H groups in total. The van der Waals surface area contributed by atoms with Crippen LogP contribution in [0.25, 0.3) is 10.8 Å². The largest absolute Gasteiger partial charge is 0.489 e. The third kappa shape index (κ3) is 2.15. The summed E-state index contributed by atoms with van der Waals surface area (Å²) in [5, 5.41) is 4.81. The first-order chi connectivity index (χ1) is 8.74. The number of hydrogen-bond donors (Lipinski definition) is 2. The van der Waals surface area contributed by atoms with Gasteiger partial charge in [0.25, 0.3) is 5.56 Å². The zero-order valence-electron chi connectivity index (χ0n) is 9.70. The number of ether oxygens (including phenoxy) is 1. The van der Waals surface area contributed by atoms with Gasteiger partial charge in [0.1, 0.15) is 11.9 Å². The number of nitrogens with one attached hydrogen (secondary N) is 2. The quantitative estimate of drug-likeness (QED) is 0.892. The van der Waals surface area contributed by atoms with Crippen LogP contribution >= 0.6 is 15.9 Å². The van der Waals surface area contributed by atoms with Crippen LogP contribution in [0.3, 0.4) is 0 Å². The van der Waals surface area contributed by atoms with Gasteiger partial charge in [-0.1, -0.05) is 0 Å². The second kappa shape index (κ2) is 4.74. The maximum Gasteiger partial charge on any atom is 0.255 e. The van der Waals surface area contributed by atoms with Gasteiger partial charge in [0, 0.05) is 28.0 Å². The second-order valence-corrected chi connectivity index (χ2v) is 5.26. The SMILES string of the molecule is O=c1[nH]cc(Br)c2cc(OC3CCNC3)ccc12. The van der Waals surface area contributed by atoms with E-state index in [1.54, 1.807) is 12.3 Å². The van der Waals surface area contributed by atoms with Gasteiger partial charge in [0.2, 0.25) is 0 Å². The molecule has 2 heterocycles. The molecular weight excluding hydrogens is 296 g/mol. The molecule has 1 unspecified atom stereocenters. The van der Waals surface area contributed by atoms with Gasteiger partial charge in [-0.15, -0.1) is 0 Å². The van der Waals surface area contributed by atoms with Gasteiger partial charge in [-0.3, -0.25) is 4.79 Å². The lowest BCUT2D eigenvalue weighted by atomic mass is 10.1. The van der Waals surface area contributed by atoms with Crippen LogP contribution in [0.4, 0.5) is 0 Å². The summed E-state index contributed by atoms with van der Waals surface area (Å²) in [5.41, 5.74) is -0.0812. The molecule has 0 bridgehead atoms. The summed E-state index contributed by atoms with van der Waals surface area (Å²) in [4.78, 5) is 14.3. The molecular formula is C13H13BrN2O2. The van der Waals surface area contributed by atoms with Crippen LogP contribution in [-0.4, -0.2) is 24.2 Å². The summed E-state index contributed by atoms with van der Waals surface area (Å²) >= 11 is 3.44. The molecule has 3 rings (SSSR count). The van der Waals surface area contributed by atoms with Crippen LogP contribution in [0.15, 0.2) is 33.7 Å². The lowest BCUT2D eigenvalue weighted by Crippen LogP contribution is -2.19. The number of rotatable bonds is 2. The van der Waals surface area contributed by atoms with Crippen LogP contribution in [0.1, 0.15) is 6.42 Å². The Hall–Kier alpha value is -1.33. The van der Waals surface area contributed by atoms with E-state index < -0.39 is 0 Å². The first-order valence-corrected chi connectivity index (χ1v) is 6.71. The minimum atomic E-state index is -0.0812. The molecule has 1 aliphatic heterocycles. The Balaban J connectivity index is 1.99. The predicted molar refractivity (Wildman–Crippen MR) is 74.2 cm³/mol. The molecule has 0 amide bonds. The van der Waals surface area contributed by atoms with Crippen LogP contribution < -0.4 is 15.6 Å². The van der Waals surface area contributed by atoms with Gasteiger partial charge < -0.3 is 15.0 Å². The maximum absolute atomic E-state index is 11.7. The fourth-order valence-electron chi connectivity index (χ4n) is 2.20. The Kier molecular flexibility index (Phi) is 3.09. The van der Waals surface area contributed by atoms with Gasteiger partial charge >= 0.3 is 0 Å². The Morgan fingerprint density at radius 2 is 2.22 bits per heavy atom. The lowest BCUT2D eigenvalue weighted by molar-refractivity contribution is 0.223. The normalized spacial score (nSPS) is 19.3. The molecule has 94 valence electrons. The smallest absolute Gasteiger partial charge is 0.255 e. The van der Waals surface area contributed by atoms with Crippen molar-refractivity contribution in [1.82, 2.24) is 10.3 Å². The number of benzene rings is 1. The highest BCUT2D eigenvalue weighted by Crippen LogP contribution is 2.25. The number of hydrogen-bond acceptors (Lipinski definition) is 3. The predicted octanol–water partition coefficient (Wildman–Crippen LogP) is 2.03. The zero-order valence-corrected chi connectivity index (χ0v) is 11.3.